The van der Waals surface area contributed by atoms with Crippen molar-refractivity contribution in [2.75, 3.05) is 7.11 Å². The monoisotopic (exact) mass is 330 g/mol. The molecule has 0 aromatic heterocycles. The molecule has 0 spiro atoms. The fraction of sp³-hybridized carbons (Fsp3) is 0.100. The summed E-state index contributed by atoms with van der Waals surface area (Å²) in [4.78, 5) is 0. The van der Waals surface area contributed by atoms with Gasteiger partial charge in [-0.2, -0.15) is 13.2 Å². The van der Waals surface area contributed by atoms with E-state index in [4.69, 9.17) is 4.74 Å². The molecule has 0 atom stereocenters. The van der Waals surface area contributed by atoms with E-state index in [-0.39, 0.29) is 0 Å². The summed E-state index contributed by atoms with van der Waals surface area (Å²) in [7, 11) is 1.62. The van der Waals surface area contributed by atoms with E-state index in [0.29, 0.717) is 5.56 Å². The molecule has 2 rings (SSSR count). The summed E-state index contributed by atoms with van der Waals surface area (Å²) in [6, 6.07) is 12.7. The molecule has 0 unspecified atom stereocenters. The maximum absolute atomic E-state index is 12.4. The first-order chi connectivity index (χ1) is 11.5. The van der Waals surface area contributed by atoms with Gasteiger partial charge in [0.15, 0.2) is 0 Å². The molecule has 1 nitrogen and oxygen atoms in total. The summed E-state index contributed by atoms with van der Waals surface area (Å²) in [5, 5.41) is 0. The van der Waals surface area contributed by atoms with Gasteiger partial charge in [0.05, 0.1) is 12.7 Å². The molecule has 0 aliphatic heterocycles. The Bertz CT molecular complexity index is 721. The zero-order valence-electron chi connectivity index (χ0n) is 13.1. The average molecular weight is 330 g/mol. The van der Waals surface area contributed by atoms with E-state index in [1.807, 2.05) is 48.6 Å². The van der Waals surface area contributed by atoms with Gasteiger partial charge in [0.25, 0.3) is 0 Å². The molecule has 24 heavy (non-hydrogen) atoms. The molecule has 0 saturated carbocycles. The Kier molecular flexibility index (Phi) is 6.01. The molecule has 0 radical (unpaired) electrons. The zero-order chi connectivity index (χ0) is 17.4. The van der Waals surface area contributed by atoms with Gasteiger partial charge >= 0.3 is 6.18 Å². The number of allylic oxidation sites excluding steroid dienone is 4. The van der Waals surface area contributed by atoms with Gasteiger partial charge in [-0.1, -0.05) is 60.7 Å². The summed E-state index contributed by atoms with van der Waals surface area (Å²) >= 11 is 0. The topological polar surface area (TPSA) is 9.23 Å². The van der Waals surface area contributed by atoms with E-state index in [1.165, 1.54) is 12.1 Å². The smallest absolute Gasteiger partial charge is 0.416 e. The fourth-order valence-electron chi connectivity index (χ4n) is 1.96. The van der Waals surface area contributed by atoms with Gasteiger partial charge in [-0.25, -0.2) is 0 Å². The van der Waals surface area contributed by atoms with Gasteiger partial charge in [-0.3, -0.25) is 0 Å². The van der Waals surface area contributed by atoms with E-state index in [2.05, 4.69) is 0 Å². The van der Waals surface area contributed by atoms with Crippen molar-refractivity contribution < 1.29 is 17.9 Å². The van der Waals surface area contributed by atoms with E-state index < -0.39 is 11.7 Å². The predicted octanol–water partition coefficient (Wildman–Crippen LogP) is 6.00. The van der Waals surface area contributed by atoms with Gasteiger partial charge in [0.2, 0.25) is 0 Å². The third-order valence-electron chi connectivity index (χ3n) is 3.26. The number of rotatable bonds is 5. The number of hydrogen-bond acceptors (Lipinski definition) is 1. The van der Waals surface area contributed by atoms with Crippen molar-refractivity contribution in [1.29, 1.82) is 0 Å². The van der Waals surface area contributed by atoms with Crippen LogP contribution in [0.25, 0.3) is 12.2 Å². The second-order valence-corrected chi connectivity index (χ2v) is 5.00. The minimum absolute atomic E-state index is 0.641. The lowest BCUT2D eigenvalue weighted by molar-refractivity contribution is -0.137. The first-order valence-electron chi connectivity index (χ1n) is 7.32. The number of methoxy groups -OCH3 is 1. The van der Waals surface area contributed by atoms with Crippen LogP contribution in [0.15, 0.2) is 72.8 Å². The minimum Gasteiger partial charge on any atom is -0.497 e. The molecule has 0 bridgehead atoms. The molecule has 2 aromatic carbocycles. The van der Waals surface area contributed by atoms with Gasteiger partial charge in [-0.15, -0.1) is 0 Å². The molecule has 124 valence electrons. The predicted molar refractivity (Wildman–Crippen MR) is 91.6 cm³/mol. The second kappa shape index (κ2) is 8.20. The number of alkyl halides is 3. The molecule has 0 amide bonds. The average Bonchev–Trinajstić information content (AvgIpc) is 2.58. The first kappa shape index (κ1) is 17.6. The molecular weight excluding hydrogens is 313 g/mol. The number of ether oxygens (including phenoxy) is 1. The van der Waals surface area contributed by atoms with Crippen LogP contribution in [0, 0.1) is 0 Å². The molecule has 0 fully saturated rings. The van der Waals surface area contributed by atoms with Crippen molar-refractivity contribution in [3.05, 3.63) is 89.5 Å². The van der Waals surface area contributed by atoms with E-state index in [1.54, 1.807) is 19.3 Å². The Hall–Kier alpha value is -2.75. The van der Waals surface area contributed by atoms with Crippen molar-refractivity contribution in [2.24, 2.45) is 0 Å². The van der Waals surface area contributed by atoms with Crippen LogP contribution >= 0.6 is 0 Å². The molecule has 0 saturated heterocycles. The van der Waals surface area contributed by atoms with E-state index in [9.17, 15) is 13.2 Å². The highest BCUT2D eigenvalue weighted by molar-refractivity contribution is 5.54. The minimum atomic E-state index is -4.30. The van der Waals surface area contributed by atoms with E-state index >= 15 is 0 Å². The third-order valence-corrected chi connectivity index (χ3v) is 3.26. The summed E-state index contributed by atoms with van der Waals surface area (Å²) in [5.74, 6) is 0.808. The Morgan fingerprint density at radius 1 is 0.708 bits per heavy atom. The quantitative estimate of drug-likeness (QED) is 0.611. The fourth-order valence-corrected chi connectivity index (χ4v) is 1.96. The SMILES string of the molecule is COc1ccc(/C=C/C=C/C=C/c2ccc(C(F)(F)F)cc2)cc1. The maximum Gasteiger partial charge on any atom is 0.416 e. The van der Waals surface area contributed by atoms with Crippen molar-refractivity contribution in [3.63, 3.8) is 0 Å². The molecule has 0 heterocycles. The molecule has 2 aromatic rings. The summed E-state index contributed by atoms with van der Waals surface area (Å²) in [6.45, 7) is 0. The highest BCUT2D eigenvalue weighted by Gasteiger charge is 2.29. The molecule has 4 heteroatoms. The zero-order valence-corrected chi connectivity index (χ0v) is 13.1. The van der Waals surface area contributed by atoms with Crippen molar-refractivity contribution in [1.82, 2.24) is 0 Å². The standard InChI is InChI=1S/C20H17F3O/c1-24-19-14-10-17(11-15-19)7-5-3-2-4-6-16-8-12-18(13-9-16)20(21,22)23/h2-15H,1H3/b3-2+,6-4+,7-5+. The lowest BCUT2D eigenvalue weighted by Gasteiger charge is -2.05. The molecule has 0 N–H and O–H groups in total. The Labute approximate surface area is 139 Å². The Morgan fingerprint density at radius 3 is 1.58 bits per heavy atom. The van der Waals surface area contributed by atoms with Gasteiger partial charge in [0, 0.05) is 0 Å². The molecule has 0 aliphatic carbocycles. The summed E-state index contributed by atoms with van der Waals surface area (Å²) in [6.07, 6.45) is 6.73. The summed E-state index contributed by atoms with van der Waals surface area (Å²) in [5.41, 5.74) is 1.12. The number of hydrogen-bond donors (Lipinski definition) is 0. The largest absolute Gasteiger partial charge is 0.497 e. The first-order valence-corrected chi connectivity index (χ1v) is 7.32. The third kappa shape index (κ3) is 5.47. The van der Waals surface area contributed by atoms with Crippen molar-refractivity contribution in [3.8, 4) is 5.75 Å². The van der Waals surface area contributed by atoms with Crippen LogP contribution in [0.5, 0.6) is 5.75 Å². The normalized spacial score (nSPS) is 12.5. The number of benzene rings is 2. The van der Waals surface area contributed by atoms with Crippen LogP contribution in [0.3, 0.4) is 0 Å². The molecule has 0 aliphatic rings. The Morgan fingerprint density at radius 2 is 1.17 bits per heavy atom. The highest BCUT2D eigenvalue weighted by Crippen LogP contribution is 2.29. The van der Waals surface area contributed by atoms with Crippen LogP contribution in [0.2, 0.25) is 0 Å². The van der Waals surface area contributed by atoms with Crippen LogP contribution < -0.4 is 4.74 Å². The Balaban J connectivity index is 1.88. The highest BCUT2D eigenvalue weighted by atomic mass is 19.4. The molecular formula is C20H17F3O. The second-order valence-electron chi connectivity index (χ2n) is 5.00. The van der Waals surface area contributed by atoms with Gasteiger partial charge in [0.1, 0.15) is 5.75 Å². The van der Waals surface area contributed by atoms with Gasteiger partial charge in [-0.05, 0) is 35.4 Å². The number of halogens is 3. The maximum atomic E-state index is 12.4. The van der Waals surface area contributed by atoms with Crippen LogP contribution in [0.1, 0.15) is 16.7 Å². The lowest BCUT2D eigenvalue weighted by atomic mass is 10.1. The van der Waals surface area contributed by atoms with Crippen molar-refractivity contribution in [2.45, 2.75) is 6.18 Å². The van der Waals surface area contributed by atoms with Crippen LogP contribution in [-0.2, 0) is 6.18 Å². The van der Waals surface area contributed by atoms with Crippen LogP contribution in [-0.4, -0.2) is 7.11 Å². The van der Waals surface area contributed by atoms with Crippen molar-refractivity contribution >= 4 is 12.2 Å². The lowest BCUT2D eigenvalue weighted by Crippen LogP contribution is -2.03. The van der Waals surface area contributed by atoms with E-state index in [0.717, 1.165) is 23.4 Å². The summed E-state index contributed by atoms with van der Waals surface area (Å²) < 4.78 is 42.4. The van der Waals surface area contributed by atoms with Gasteiger partial charge < -0.3 is 4.74 Å². The van der Waals surface area contributed by atoms with Crippen LogP contribution in [0.4, 0.5) is 13.2 Å².